The molecule has 1 saturated heterocycles. The highest BCUT2D eigenvalue weighted by molar-refractivity contribution is 4.89. The lowest BCUT2D eigenvalue weighted by atomic mass is 9.86. The lowest BCUT2D eigenvalue weighted by molar-refractivity contribution is 0.0267. The van der Waals surface area contributed by atoms with Crippen molar-refractivity contribution in [3.8, 4) is 0 Å². The molecule has 14 heavy (non-hydrogen) atoms. The van der Waals surface area contributed by atoms with Crippen LogP contribution in [0, 0.1) is 0 Å². The van der Waals surface area contributed by atoms with Crippen molar-refractivity contribution in [1.82, 2.24) is 4.90 Å². The molecule has 1 nitrogen and oxygen atoms in total. The minimum absolute atomic E-state index is 0.467. The van der Waals surface area contributed by atoms with Crippen LogP contribution in [0.15, 0.2) is 0 Å². The fourth-order valence-electron chi connectivity index (χ4n) is 2.96. The second kappa shape index (κ2) is 5.16. The first-order valence-electron chi connectivity index (χ1n) is 6.40. The molecule has 1 heterocycles. The highest BCUT2D eigenvalue weighted by Crippen LogP contribution is 2.31. The topological polar surface area (TPSA) is 3.24 Å². The molecule has 1 rings (SSSR count). The fraction of sp³-hybridized carbons (Fsp3) is 1.00. The molecule has 1 fully saturated rings. The van der Waals surface area contributed by atoms with Crippen molar-refractivity contribution in [2.75, 3.05) is 6.54 Å². The van der Waals surface area contributed by atoms with Gasteiger partial charge in [0, 0.05) is 11.6 Å². The molecule has 1 aliphatic rings. The Morgan fingerprint density at radius 3 is 2.50 bits per heavy atom. The van der Waals surface area contributed by atoms with Crippen LogP contribution in [0.1, 0.15) is 66.2 Å². The lowest BCUT2D eigenvalue weighted by Gasteiger charge is -2.47. The van der Waals surface area contributed by atoms with Gasteiger partial charge in [-0.2, -0.15) is 0 Å². The summed E-state index contributed by atoms with van der Waals surface area (Å²) in [6.07, 6.45) is 8.21. The summed E-state index contributed by atoms with van der Waals surface area (Å²) in [6, 6.07) is 0.806. The fourth-order valence-corrected chi connectivity index (χ4v) is 2.96. The molecule has 0 amide bonds. The molecule has 0 aromatic heterocycles. The van der Waals surface area contributed by atoms with E-state index in [2.05, 4.69) is 32.6 Å². The summed E-state index contributed by atoms with van der Waals surface area (Å²) in [4.78, 5) is 2.76. The molecule has 0 radical (unpaired) electrons. The van der Waals surface area contributed by atoms with Crippen molar-refractivity contribution in [1.29, 1.82) is 0 Å². The predicted molar refractivity (Wildman–Crippen MR) is 63.6 cm³/mol. The summed E-state index contributed by atoms with van der Waals surface area (Å²) in [5, 5.41) is 0. The van der Waals surface area contributed by atoms with Gasteiger partial charge >= 0.3 is 0 Å². The lowest BCUT2D eigenvalue weighted by Crippen LogP contribution is -2.52. The first-order chi connectivity index (χ1) is 6.64. The minimum atomic E-state index is 0.467. The van der Waals surface area contributed by atoms with E-state index in [4.69, 9.17) is 0 Å². The van der Waals surface area contributed by atoms with Gasteiger partial charge in [0.05, 0.1) is 0 Å². The van der Waals surface area contributed by atoms with Crippen LogP contribution in [-0.4, -0.2) is 23.0 Å². The largest absolute Gasteiger partial charge is 0.295 e. The maximum absolute atomic E-state index is 2.76. The average Bonchev–Trinajstić information content (AvgIpc) is 2.18. The van der Waals surface area contributed by atoms with Gasteiger partial charge in [0.15, 0.2) is 0 Å². The summed E-state index contributed by atoms with van der Waals surface area (Å²) in [7, 11) is 0. The molecule has 0 N–H and O–H groups in total. The third kappa shape index (κ3) is 2.50. The number of likely N-dealkylation sites (tertiary alicyclic amines) is 1. The molecule has 2 atom stereocenters. The molecule has 0 aromatic rings. The average molecular weight is 197 g/mol. The molecule has 0 spiro atoms. The van der Waals surface area contributed by atoms with Crippen LogP contribution in [0.4, 0.5) is 0 Å². The van der Waals surface area contributed by atoms with E-state index in [1.54, 1.807) is 0 Å². The van der Waals surface area contributed by atoms with Gasteiger partial charge in [-0.3, -0.25) is 4.90 Å². The molecule has 1 heteroatoms. The van der Waals surface area contributed by atoms with Gasteiger partial charge in [-0.15, -0.1) is 0 Å². The van der Waals surface area contributed by atoms with Gasteiger partial charge in [-0.1, -0.05) is 26.7 Å². The smallest absolute Gasteiger partial charge is 0.0181 e. The van der Waals surface area contributed by atoms with Crippen molar-refractivity contribution < 1.29 is 0 Å². The molecule has 0 bridgehead atoms. The van der Waals surface area contributed by atoms with E-state index < -0.39 is 0 Å². The highest BCUT2D eigenvalue weighted by Gasteiger charge is 2.33. The molecular formula is C13H27N. The first-order valence-corrected chi connectivity index (χ1v) is 6.40. The van der Waals surface area contributed by atoms with E-state index in [1.165, 1.54) is 45.1 Å². The van der Waals surface area contributed by atoms with Gasteiger partial charge in [0.1, 0.15) is 0 Å². The number of hydrogen-bond donors (Lipinski definition) is 0. The Bertz CT molecular complexity index is 167. The summed E-state index contributed by atoms with van der Waals surface area (Å²) in [5.74, 6) is 0. The summed E-state index contributed by atoms with van der Waals surface area (Å²) in [5.41, 5.74) is 0.467. The normalized spacial score (nSPS) is 28.7. The van der Waals surface area contributed by atoms with E-state index in [0.29, 0.717) is 5.54 Å². The van der Waals surface area contributed by atoms with Crippen molar-refractivity contribution in [3.63, 3.8) is 0 Å². The van der Waals surface area contributed by atoms with Gasteiger partial charge in [-0.25, -0.2) is 0 Å². The molecule has 1 unspecified atom stereocenters. The van der Waals surface area contributed by atoms with Crippen LogP contribution < -0.4 is 0 Å². The Balaban J connectivity index is 2.65. The highest BCUT2D eigenvalue weighted by atomic mass is 15.2. The quantitative estimate of drug-likeness (QED) is 0.662. The monoisotopic (exact) mass is 197 g/mol. The Labute approximate surface area is 89.9 Å². The zero-order valence-corrected chi connectivity index (χ0v) is 10.5. The standard InChI is InChI=1S/C13H27N/c1-5-10-13(4,6-2)14-11-8-7-9-12(14)3/h12H,5-11H2,1-4H3/t12-,13?/m0/s1. The van der Waals surface area contributed by atoms with E-state index in [0.717, 1.165) is 6.04 Å². The van der Waals surface area contributed by atoms with Crippen molar-refractivity contribution in [2.45, 2.75) is 77.8 Å². The van der Waals surface area contributed by atoms with Gasteiger partial charge in [0.25, 0.3) is 0 Å². The number of piperidine rings is 1. The Hall–Kier alpha value is -0.0400. The summed E-state index contributed by atoms with van der Waals surface area (Å²) in [6.45, 7) is 10.8. The van der Waals surface area contributed by atoms with Crippen LogP contribution in [0.3, 0.4) is 0 Å². The van der Waals surface area contributed by atoms with E-state index in [9.17, 15) is 0 Å². The van der Waals surface area contributed by atoms with Crippen molar-refractivity contribution >= 4 is 0 Å². The Morgan fingerprint density at radius 1 is 1.29 bits per heavy atom. The van der Waals surface area contributed by atoms with Gasteiger partial charge < -0.3 is 0 Å². The Kier molecular flexibility index (Phi) is 4.43. The van der Waals surface area contributed by atoms with Crippen molar-refractivity contribution in [2.24, 2.45) is 0 Å². The molecule has 0 aromatic carbocycles. The zero-order valence-electron chi connectivity index (χ0n) is 10.5. The second-order valence-electron chi connectivity index (χ2n) is 5.14. The van der Waals surface area contributed by atoms with E-state index >= 15 is 0 Å². The third-order valence-electron chi connectivity index (χ3n) is 4.05. The van der Waals surface area contributed by atoms with Crippen LogP contribution in [0.5, 0.6) is 0 Å². The SMILES string of the molecule is CCCC(C)(CC)N1CCCC[C@@H]1C. The first kappa shape index (κ1) is 12.0. The maximum Gasteiger partial charge on any atom is 0.0181 e. The molecule has 84 valence electrons. The van der Waals surface area contributed by atoms with E-state index in [1.807, 2.05) is 0 Å². The van der Waals surface area contributed by atoms with Crippen LogP contribution in [0.2, 0.25) is 0 Å². The Morgan fingerprint density at radius 2 is 2.00 bits per heavy atom. The molecule has 1 aliphatic heterocycles. The molecule has 0 aliphatic carbocycles. The minimum Gasteiger partial charge on any atom is -0.295 e. The zero-order chi connectivity index (χ0) is 10.6. The van der Waals surface area contributed by atoms with Crippen molar-refractivity contribution in [3.05, 3.63) is 0 Å². The maximum atomic E-state index is 2.76. The molecular weight excluding hydrogens is 170 g/mol. The van der Waals surface area contributed by atoms with Crippen LogP contribution in [0.25, 0.3) is 0 Å². The second-order valence-corrected chi connectivity index (χ2v) is 5.14. The van der Waals surface area contributed by atoms with Gasteiger partial charge in [0.2, 0.25) is 0 Å². The van der Waals surface area contributed by atoms with Gasteiger partial charge in [-0.05, 0) is 46.1 Å². The summed E-state index contributed by atoms with van der Waals surface area (Å²) >= 11 is 0. The van der Waals surface area contributed by atoms with Crippen LogP contribution in [-0.2, 0) is 0 Å². The van der Waals surface area contributed by atoms with Crippen LogP contribution >= 0.6 is 0 Å². The number of nitrogens with zero attached hydrogens (tertiary/aromatic N) is 1. The number of rotatable bonds is 4. The summed E-state index contributed by atoms with van der Waals surface area (Å²) < 4.78 is 0. The third-order valence-corrected chi connectivity index (χ3v) is 4.05. The molecule has 0 saturated carbocycles. The predicted octanol–water partition coefficient (Wildman–Crippen LogP) is 3.83. The van der Waals surface area contributed by atoms with E-state index in [-0.39, 0.29) is 0 Å². The number of hydrogen-bond acceptors (Lipinski definition) is 1.